The lowest BCUT2D eigenvalue weighted by atomic mass is 10.2. The summed E-state index contributed by atoms with van der Waals surface area (Å²) in [7, 11) is 0. The molecule has 0 aliphatic heterocycles. The number of carbonyl (C=O) groups is 1. The summed E-state index contributed by atoms with van der Waals surface area (Å²) in [5.74, 6) is -1.96. The molecule has 2 aromatic carbocycles. The quantitative estimate of drug-likeness (QED) is 0.489. The van der Waals surface area contributed by atoms with E-state index in [9.17, 15) is 18.4 Å². The summed E-state index contributed by atoms with van der Waals surface area (Å²) in [6.45, 7) is -0.372. The average molecular weight is 465 g/mol. The summed E-state index contributed by atoms with van der Waals surface area (Å²) < 4.78 is 29.1. The lowest BCUT2D eigenvalue weighted by Crippen LogP contribution is -2.28. The van der Waals surface area contributed by atoms with Crippen molar-refractivity contribution in [3.63, 3.8) is 0 Å². The summed E-state index contributed by atoms with van der Waals surface area (Å²) in [5.41, 5.74) is 0.148. The highest BCUT2D eigenvalue weighted by Crippen LogP contribution is 2.25. The van der Waals surface area contributed by atoms with Crippen molar-refractivity contribution >= 4 is 46.0 Å². The minimum Gasteiger partial charge on any atom is -0.324 e. The van der Waals surface area contributed by atoms with Crippen LogP contribution in [0.15, 0.2) is 47.5 Å². The Bertz CT molecular complexity index is 1350. The Balaban J connectivity index is 1.55. The first kappa shape index (κ1) is 20.9. The first-order chi connectivity index (χ1) is 14.8. The van der Waals surface area contributed by atoms with Crippen molar-refractivity contribution in [1.82, 2.24) is 24.5 Å². The SMILES string of the molecule is O=C(Cn1cnc2c(nnn2Cc2cc(F)cc(F)c2)c1=O)Nc1ccc(Cl)c(Cl)c1. The van der Waals surface area contributed by atoms with Crippen LogP contribution in [0.25, 0.3) is 11.2 Å². The molecule has 0 saturated heterocycles. The van der Waals surface area contributed by atoms with Crippen LogP contribution in [-0.2, 0) is 17.9 Å². The number of carbonyl (C=O) groups excluding carboxylic acids is 1. The van der Waals surface area contributed by atoms with Crippen molar-refractivity contribution in [2.75, 3.05) is 5.32 Å². The van der Waals surface area contributed by atoms with Crippen LogP contribution >= 0.6 is 23.2 Å². The van der Waals surface area contributed by atoms with Crippen LogP contribution in [0.1, 0.15) is 5.56 Å². The van der Waals surface area contributed by atoms with Crippen molar-refractivity contribution in [1.29, 1.82) is 0 Å². The van der Waals surface area contributed by atoms with Gasteiger partial charge in [0.1, 0.15) is 24.5 Å². The molecule has 8 nitrogen and oxygen atoms in total. The Hall–Kier alpha value is -3.37. The van der Waals surface area contributed by atoms with Gasteiger partial charge in [-0.25, -0.2) is 18.4 Å². The molecule has 1 amide bonds. The molecule has 12 heteroatoms. The van der Waals surface area contributed by atoms with E-state index in [1.165, 1.54) is 23.1 Å². The molecule has 1 N–H and O–H groups in total. The van der Waals surface area contributed by atoms with Gasteiger partial charge in [0, 0.05) is 11.8 Å². The fourth-order valence-corrected chi connectivity index (χ4v) is 3.21. The van der Waals surface area contributed by atoms with E-state index in [0.29, 0.717) is 10.7 Å². The minimum atomic E-state index is -0.734. The molecular formula is C19H12Cl2F2N6O2. The van der Waals surface area contributed by atoms with Crippen molar-refractivity contribution in [2.45, 2.75) is 13.1 Å². The molecule has 2 aromatic heterocycles. The number of anilines is 1. The molecule has 0 fully saturated rings. The van der Waals surface area contributed by atoms with Gasteiger partial charge in [-0.2, -0.15) is 0 Å². The molecule has 0 aliphatic carbocycles. The molecule has 0 unspecified atom stereocenters. The molecule has 31 heavy (non-hydrogen) atoms. The van der Waals surface area contributed by atoms with Gasteiger partial charge in [0.25, 0.3) is 5.56 Å². The molecule has 0 atom stereocenters. The topological polar surface area (TPSA) is 94.7 Å². The highest BCUT2D eigenvalue weighted by atomic mass is 35.5. The zero-order valence-electron chi connectivity index (χ0n) is 15.5. The number of rotatable bonds is 5. The average Bonchev–Trinajstić information content (AvgIpc) is 3.09. The first-order valence-corrected chi connectivity index (χ1v) is 9.54. The summed E-state index contributed by atoms with van der Waals surface area (Å²) >= 11 is 11.8. The number of aromatic nitrogens is 5. The second-order valence-corrected chi connectivity index (χ2v) is 7.37. The summed E-state index contributed by atoms with van der Waals surface area (Å²) in [6.07, 6.45) is 1.17. The Morgan fingerprint density at radius 1 is 1.06 bits per heavy atom. The van der Waals surface area contributed by atoms with Crippen molar-refractivity contribution < 1.29 is 13.6 Å². The number of hydrogen-bond donors (Lipinski definition) is 1. The van der Waals surface area contributed by atoms with Crippen LogP contribution in [0.2, 0.25) is 10.0 Å². The van der Waals surface area contributed by atoms with E-state index in [2.05, 4.69) is 20.6 Å². The van der Waals surface area contributed by atoms with E-state index in [-0.39, 0.29) is 34.8 Å². The Morgan fingerprint density at radius 2 is 1.81 bits per heavy atom. The summed E-state index contributed by atoms with van der Waals surface area (Å²) in [4.78, 5) is 29.1. The second-order valence-electron chi connectivity index (χ2n) is 6.55. The number of hydrogen-bond acceptors (Lipinski definition) is 5. The molecule has 0 spiro atoms. The lowest BCUT2D eigenvalue weighted by molar-refractivity contribution is -0.116. The molecule has 0 aliphatic rings. The molecule has 0 radical (unpaired) electrons. The van der Waals surface area contributed by atoms with Gasteiger partial charge < -0.3 is 5.32 Å². The van der Waals surface area contributed by atoms with Gasteiger partial charge in [0.15, 0.2) is 11.2 Å². The Kier molecular flexibility index (Phi) is 5.66. The van der Waals surface area contributed by atoms with Gasteiger partial charge in [-0.1, -0.05) is 28.4 Å². The number of amides is 1. The van der Waals surface area contributed by atoms with E-state index in [1.54, 1.807) is 6.07 Å². The number of nitrogens with zero attached hydrogens (tertiary/aromatic N) is 5. The molecule has 0 bridgehead atoms. The normalized spacial score (nSPS) is 11.1. The van der Waals surface area contributed by atoms with Crippen molar-refractivity contribution in [3.05, 3.63) is 80.3 Å². The Morgan fingerprint density at radius 3 is 2.52 bits per heavy atom. The number of benzene rings is 2. The van der Waals surface area contributed by atoms with Gasteiger partial charge >= 0.3 is 0 Å². The maximum absolute atomic E-state index is 13.4. The monoisotopic (exact) mass is 464 g/mol. The highest BCUT2D eigenvalue weighted by molar-refractivity contribution is 6.42. The molecule has 0 saturated carbocycles. The third-order valence-corrected chi connectivity index (χ3v) is 5.00. The third kappa shape index (κ3) is 4.54. The number of fused-ring (bicyclic) bond motifs is 1. The maximum atomic E-state index is 13.4. The predicted molar refractivity (Wildman–Crippen MR) is 110 cm³/mol. The molecular weight excluding hydrogens is 453 g/mol. The van der Waals surface area contributed by atoms with Gasteiger partial charge in [0.2, 0.25) is 5.91 Å². The maximum Gasteiger partial charge on any atom is 0.283 e. The fourth-order valence-electron chi connectivity index (χ4n) is 2.91. The summed E-state index contributed by atoms with van der Waals surface area (Å²) in [5, 5.41) is 10.8. The minimum absolute atomic E-state index is 0.0422. The van der Waals surface area contributed by atoms with Gasteiger partial charge in [-0.3, -0.25) is 14.2 Å². The lowest BCUT2D eigenvalue weighted by Gasteiger charge is -2.08. The molecule has 158 valence electrons. The van der Waals surface area contributed by atoms with Crippen molar-refractivity contribution in [2.24, 2.45) is 0 Å². The van der Waals surface area contributed by atoms with Crippen LogP contribution < -0.4 is 10.9 Å². The zero-order valence-corrected chi connectivity index (χ0v) is 17.0. The van der Waals surface area contributed by atoms with E-state index in [0.717, 1.165) is 22.8 Å². The standard InChI is InChI=1S/C19H12Cl2F2N6O2/c20-14-2-1-13(6-15(14)21)25-16(30)8-28-9-24-18-17(19(28)31)26-27-29(18)7-10-3-11(22)5-12(23)4-10/h1-6,9H,7-8H2,(H,25,30). The fraction of sp³-hybridized carbons (Fsp3) is 0.105. The predicted octanol–water partition coefficient (Wildman–Crippen LogP) is 3.26. The third-order valence-electron chi connectivity index (χ3n) is 4.26. The van der Waals surface area contributed by atoms with E-state index >= 15 is 0 Å². The van der Waals surface area contributed by atoms with E-state index < -0.39 is 23.1 Å². The molecule has 2 heterocycles. The van der Waals surface area contributed by atoms with Crippen LogP contribution in [0.4, 0.5) is 14.5 Å². The van der Waals surface area contributed by atoms with E-state index in [1.807, 2.05) is 0 Å². The first-order valence-electron chi connectivity index (χ1n) is 8.78. The van der Waals surface area contributed by atoms with E-state index in [4.69, 9.17) is 23.2 Å². The van der Waals surface area contributed by atoms with Crippen LogP contribution in [0, 0.1) is 11.6 Å². The van der Waals surface area contributed by atoms with Gasteiger partial charge in [-0.05, 0) is 35.9 Å². The largest absolute Gasteiger partial charge is 0.324 e. The Labute approximate surface area is 183 Å². The molecule has 4 aromatic rings. The van der Waals surface area contributed by atoms with Gasteiger partial charge in [0.05, 0.1) is 16.6 Å². The molecule has 4 rings (SSSR count). The van der Waals surface area contributed by atoms with Crippen LogP contribution in [-0.4, -0.2) is 30.5 Å². The van der Waals surface area contributed by atoms with Crippen LogP contribution in [0.5, 0.6) is 0 Å². The van der Waals surface area contributed by atoms with Crippen molar-refractivity contribution in [3.8, 4) is 0 Å². The van der Waals surface area contributed by atoms with Crippen LogP contribution in [0.3, 0.4) is 0 Å². The van der Waals surface area contributed by atoms with Gasteiger partial charge in [-0.15, -0.1) is 5.10 Å². The zero-order chi connectivity index (χ0) is 22.1. The number of halogens is 4. The summed E-state index contributed by atoms with van der Waals surface area (Å²) in [6, 6.07) is 7.62. The number of nitrogens with one attached hydrogen (secondary N) is 1. The highest BCUT2D eigenvalue weighted by Gasteiger charge is 2.15. The second kappa shape index (κ2) is 8.40. The smallest absolute Gasteiger partial charge is 0.283 e.